The largest absolute Gasteiger partial charge is 0.488 e. The maximum absolute atomic E-state index is 11.8. The van der Waals surface area contributed by atoms with Crippen LogP contribution in [0.1, 0.15) is 13.8 Å². The molecule has 1 heterocycles. The molecular formula is C18H25N2O5+. The summed E-state index contributed by atoms with van der Waals surface area (Å²) in [5.74, 6) is -1.91. The summed E-state index contributed by atoms with van der Waals surface area (Å²) < 4.78 is 16.6. The molecular weight excluding hydrogens is 324 g/mol. The van der Waals surface area contributed by atoms with E-state index in [2.05, 4.69) is 26.5 Å². The molecule has 0 saturated carbocycles. The lowest BCUT2D eigenvalue weighted by molar-refractivity contribution is -0.870. The highest BCUT2D eigenvalue weighted by molar-refractivity contribution is 6.15. The van der Waals surface area contributed by atoms with Crippen molar-refractivity contribution in [3.8, 4) is 5.75 Å². The molecule has 1 saturated heterocycles. The molecule has 1 aromatic rings. The van der Waals surface area contributed by atoms with Gasteiger partial charge in [-0.15, -0.1) is 0 Å². The quantitative estimate of drug-likeness (QED) is 0.366. The van der Waals surface area contributed by atoms with Gasteiger partial charge in [-0.2, -0.15) is 0 Å². The van der Waals surface area contributed by atoms with Gasteiger partial charge in [0.05, 0.1) is 21.1 Å². The number of cyclic esters (lactones) is 2. The van der Waals surface area contributed by atoms with Crippen LogP contribution in [0, 0.1) is 0 Å². The van der Waals surface area contributed by atoms with E-state index >= 15 is 0 Å². The number of anilines is 1. The van der Waals surface area contributed by atoms with Crippen LogP contribution in [0.15, 0.2) is 36.0 Å². The number of benzene rings is 1. The van der Waals surface area contributed by atoms with Gasteiger partial charge >= 0.3 is 11.9 Å². The third-order valence-corrected chi connectivity index (χ3v) is 3.39. The predicted molar refractivity (Wildman–Crippen MR) is 92.8 cm³/mol. The van der Waals surface area contributed by atoms with Crippen molar-refractivity contribution < 1.29 is 28.3 Å². The molecule has 7 nitrogen and oxygen atoms in total. The summed E-state index contributed by atoms with van der Waals surface area (Å²) >= 11 is 0. The van der Waals surface area contributed by atoms with Crippen molar-refractivity contribution in [2.24, 2.45) is 0 Å². The minimum absolute atomic E-state index is 0.178. The van der Waals surface area contributed by atoms with Gasteiger partial charge in [-0.1, -0.05) is 0 Å². The lowest BCUT2D eigenvalue weighted by atomic mass is 10.2. The van der Waals surface area contributed by atoms with Crippen LogP contribution < -0.4 is 10.1 Å². The molecule has 0 amide bonds. The molecule has 0 aliphatic carbocycles. The maximum atomic E-state index is 11.8. The van der Waals surface area contributed by atoms with E-state index in [0.717, 1.165) is 16.8 Å². The Morgan fingerprint density at radius 1 is 1.08 bits per heavy atom. The standard InChI is InChI=1S/C18H24N2O5/c1-18(2)24-16(21)15(17(22)25-18)12-19-13-6-8-14(9-7-13)23-11-10-20(3,4)5/h6-9,12H,10-11H2,1-5H3/p+1. The second kappa shape index (κ2) is 7.14. The minimum Gasteiger partial charge on any atom is -0.488 e. The van der Waals surface area contributed by atoms with Crippen LogP contribution in [0.5, 0.6) is 5.75 Å². The molecule has 25 heavy (non-hydrogen) atoms. The third kappa shape index (κ3) is 5.79. The first kappa shape index (κ1) is 18.8. The lowest BCUT2D eigenvalue weighted by Crippen LogP contribution is -2.42. The molecule has 1 aromatic carbocycles. The molecule has 136 valence electrons. The lowest BCUT2D eigenvalue weighted by Gasteiger charge is -2.29. The molecule has 0 radical (unpaired) electrons. The van der Waals surface area contributed by atoms with Gasteiger partial charge in [-0.05, 0) is 24.3 Å². The van der Waals surface area contributed by atoms with Crippen molar-refractivity contribution in [2.45, 2.75) is 19.6 Å². The number of nitrogens with zero attached hydrogens (tertiary/aromatic N) is 1. The first-order valence-electron chi connectivity index (χ1n) is 8.02. The van der Waals surface area contributed by atoms with E-state index in [4.69, 9.17) is 14.2 Å². The number of carbonyl (C=O) groups is 2. The van der Waals surface area contributed by atoms with Crippen LogP contribution in [0.4, 0.5) is 5.69 Å². The molecule has 0 spiro atoms. The average molecular weight is 349 g/mol. The van der Waals surface area contributed by atoms with Crippen molar-refractivity contribution in [2.75, 3.05) is 39.6 Å². The van der Waals surface area contributed by atoms with Gasteiger partial charge in [0, 0.05) is 25.7 Å². The molecule has 2 rings (SSSR count). The Hall–Kier alpha value is -2.54. The Morgan fingerprint density at radius 3 is 2.16 bits per heavy atom. The summed E-state index contributed by atoms with van der Waals surface area (Å²) in [5.41, 5.74) is 0.527. The van der Waals surface area contributed by atoms with E-state index in [9.17, 15) is 9.59 Å². The fraction of sp³-hybridized carbons (Fsp3) is 0.444. The van der Waals surface area contributed by atoms with Gasteiger partial charge in [0.15, 0.2) is 5.57 Å². The van der Waals surface area contributed by atoms with E-state index in [1.54, 1.807) is 12.1 Å². The minimum atomic E-state index is -1.24. The molecule has 0 bridgehead atoms. The smallest absolute Gasteiger partial charge is 0.350 e. The Balaban J connectivity index is 1.93. The zero-order chi connectivity index (χ0) is 18.7. The number of carbonyl (C=O) groups excluding carboxylic acids is 2. The molecule has 0 aromatic heterocycles. The van der Waals surface area contributed by atoms with Crippen LogP contribution in [-0.4, -0.2) is 56.5 Å². The SMILES string of the molecule is CC1(C)OC(=O)C(=CNc2ccc(OCC[N+](C)(C)C)cc2)C(=O)O1. The van der Waals surface area contributed by atoms with Crippen LogP contribution in [0.3, 0.4) is 0 Å². The van der Waals surface area contributed by atoms with Gasteiger partial charge in [-0.25, -0.2) is 9.59 Å². The van der Waals surface area contributed by atoms with Crippen molar-refractivity contribution >= 4 is 17.6 Å². The van der Waals surface area contributed by atoms with Gasteiger partial charge in [0.1, 0.15) is 18.9 Å². The number of hydrogen-bond donors (Lipinski definition) is 1. The Bertz CT molecular complexity index is 650. The first-order chi connectivity index (χ1) is 11.6. The molecule has 7 heteroatoms. The molecule has 1 fully saturated rings. The van der Waals surface area contributed by atoms with Gasteiger partial charge in [-0.3, -0.25) is 0 Å². The zero-order valence-corrected chi connectivity index (χ0v) is 15.3. The third-order valence-electron chi connectivity index (χ3n) is 3.39. The molecule has 1 aliphatic heterocycles. The molecule has 1 aliphatic rings. The normalized spacial score (nSPS) is 16.8. The van der Waals surface area contributed by atoms with Crippen LogP contribution in [-0.2, 0) is 19.1 Å². The molecule has 1 N–H and O–H groups in total. The van der Waals surface area contributed by atoms with Crippen molar-refractivity contribution in [3.63, 3.8) is 0 Å². The first-order valence-corrected chi connectivity index (χ1v) is 8.02. The number of ether oxygens (including phenoxy) is 3. The van der Waals surface area contributed by atoms with Crippen LogP contribution >= 0.6 is 0 Å². The summed E-state index contributed by atoms with van der Waals surface area (Å²) in [6, 6.07) is 7.22. The second-order valence-electron chi connectivity index (χ2n) is 7.27. The van der Waals surface area contributed by atoms with E-state index < -0.39 is 17.7 Å². The van der Waals surface area contributed by atoms with E-state index in [1.165, 1.54) is 20.0 Å². The zero-order valence-electron chi connectivity index (χ0n) is 15.3. The fourth-order valence-corrected chi connectivity index (χ4v) is 2.02. The van der Waals surface area contributed by atoms with Crippen molar-refractivity contribution in [3.05, 3.63) is 36.0 Å². The number of likely N-dealkylation sites (N-methyl/N-ethyl adjacent to an activating group) is 1. The monoisotopic (exact) mass is 349 g/mol. The van der Waals surface area contributed by atoms with Crippen LogP contribution in [0.25, 0.3) is 0 Å². The predicted octanol–water partition coefficient (Wildman–Crippen LogP) is 1.90. The summed E-state index contributed by atoms with van der Waals surface area (Å²) in [6.07, 6.45) is 1.28. The van der Waals surface area contributed by atoms with Crippen molar-refractivity contribution in [1.82, 2.24) is 0 Å². The number of nitrogens with one attached hydrogen (secondary N) is 1. The molecule has 0 atom stereocenters. The Kier molecular flexibility index (Phi) is 5.37. The number of hydrogen-bond acceptors (Lipinski definition) is 6. The second-order valence-corrected chi connectivity index (χ2v) is 7.27. The van der Waals surface area contributed by atoms with E-state index in [-0.39, 0.29) is 5.57 Å². The Morgan fingerprint density at radius 2 is 1.64 bits per heavy atom. The number of esters is 2. The highest BCUT2D eigenvalue weighted by atomic mass is 16.7. The summed E-state index contributed by atoms with van der Waals surface area (Å²) in [4.78, 5) is 23.7. The van der Waals surface area contributed by atoms with Crippen LogP contribution in [0.2, 0.25) is 0 Å². The highest BCUT2D eigenvalue weighted by Crippen LogP contribution is 2.23. The topological polar surface area (TPSA) is 73.9 Å². The number of quaternary nitrogens is 1. The summed E-state index contributed by atoms with van der Waals surface area (Å²) in [7, 11) is 6.31. The fourth-order valence-electron chi connectivity index (χ4n) is 2.02. The van der Waals surface area contributed by atoms with E-state index in [0.29, 0.717) is 12.3 Å². The highest BCUT2D eigenvalue weighted by Gasteiger charge is 2.38. The Labute approximate surface area is 147 Å². The van der Waals surface area contributed by atoms with Gasteiger partial charge < -0.3 is 24.0 Å². The summed E-state index contributed by atoms with van der Waals surface area (Å²) in [6.45, 7) is 4.52. The maximum Gasteiger partial charge on any atom is 0.350 e. The number of rotatable bonds is 6. The van der Waals surface area contributed by atoms with Gasteiger partial charge in [0.25, 0.3) is 5.79 Å². The summed E-state index contributed by atoms with van der Waals surface area (Å²) in [5, 5.41) is 2.89. The van der Waals surface area contributed by atoms with Crippen molar-refractivity contribution in [1.29, 1.82) is 0 Å². The molecule has 0 unspecified atom stereocenters. The average Bonchev–Trinajstić information content (AvgIpc) is 2.45. The van der Waals surface area contributed by atoms with E-state index in [1.807, 2.05) is 12.1 Å². The van der Waals surface area contributed by atoms with Gasteiger partial charge in [0.2, 0.25) is 0 Å².